The second kappa shape index (κ2) is 6.29. The molecule has 0 unspecified atom stereocenters. The summed E-state index contributed by atoms with van der Waals surface area (Å²) in [6, 6.07) is 6.95. The zero-order valence-corrected chi connectivity index (χ0v) is 11.7. The largest absolute Gasteiger partial charge is 0.399 e. The van der Waals surface area contributed by atoms with E-state index in [1.54, 1.807) is 31.3 Å². The number of nitrogens with one attached hydrogen (secondary N) is 2. The molecule has 106 valence electrons. The SMILES string of the molecule is Cn1c(SCCC(=O)Nc2ccc(N)cc2)n[nH]c1=O. The van der Waals surface area contributed by atoms with Gasteiger partial charge >= 0.3 is 5.69 Å². The van der Waals surface area contributed by atoms with Gasteiger partial charge in [-0.1, -0.05) is 11.8 Å². The number of hydrogen-bond donors (Lipinski definition) is 3. The van der Waals surface area contributed by atoms with Gasteiger partial charge in [-0.2, -0.15) is 0 Å². The quantitative estimate of drug-likeness (QED) is 0.559. The molecule has 0 saturated carbocycles. The number of H-pyrrole nitrogens is 1. The lowest BCUT2D eigenvalue weighted by atomic mass is 10.3. The van der Waals surface area contributed by atoms with Crippen LogP contribution in [0.5, 0.6) is 0 Å². The van der Waals surface area contributed by atoms with Crippen LogP contribution in [-0.2, 0) is 11.8 Å². The molecule has 7 nitrogen and oxygen atoms in total. The molecule has 0 aliphatic heterocycles. The molecule has 0 fully saturated rings. The minimum atomic E-state index is -0.265. The van der Waals surface area contributed by atoms with E-state index in [4.69, 9.17) is 5.73 Å². The van der Waals surface area contributed by atoms with E-state index in [1.807, 2.05) is 0 Å². The van der Waals surface area contributed by atoms with Crippen molar-refractivity contribution >= 4 is 29.0 Å². The normalized spacial score (nSPS) is 10.4. The van der Waals surface area contributed by atoms with E-state index < -0.39 is 0 Å². The highest BCUT2D eigenvalue weighted by Crippen LogP contribution is 2.14. The van der Waals surface area contributed by atoms with Gasteiger partial charge in [0.2, 0.25) is 5.91 Å². The Morgan fingerprint density at radius 3 is 2.75 bits per heavy atom. The predicted octanol–water partition coefficient (Wildman–Crippen LogP) is 0.811. The summed E-state index contributed by atoms with van der Waals surface area (Å²) < 4.78 is 1.41. The highest BCUT2D eigenvalue weighted by Gasteiger charge is 2.07. The summed E-state index contributed by atoms with van der Waals surface area (Å²) in [5.74, 6) is 0.446. The van der Waals surface area contributed by atoms with Gasteiger partial charge in [0.1, 0.15) is 0 Å². The number of carbonyl (C=O) groups excluding carboxylic acids is 1. The molecule has 2 aromatic rings. The Bertz CT molecular complexity index is 647. The number of thioether (sulfide) groups is 1. The first-order valence-electron chi connectivity index (χ1n) is 5.96. The molecule has 20 heavy (non-hydrogen) atoms. The van der Waals surface area contributed by atoms with Gasteiger partial charge in [0, 0.05) is 30.6 Å². The Morgan fingerprint density at radius 2 is 2.15 bits per heavy atom. The first-order chi connectivity index (χ1) is 9.56. The maximum absolute atomic E-state index is 11.7. The minimum absolute atomic E-state index is 0.0946. The van der Waals surface area contributed by atoms with E-state index in [0.29, 0.717) is 28.7 Å². The summed E-state index contributed by atoms with van der Waals surface area (Å²) in [6.45, 7) is 0. The van der Waals surface area contributed by atoms with E-state index in [1.165, 1.54) is 16.3 Å². The van der Waals surface area contributed by atoms with E-state index in [9.17, 15) is 9.59 Å². The van der Waals surface area contributed by atoms with Crippen LogP contribution in [0, 0.1) is 0 Å². The fraction of sp³-hybridized carbons (Fsp3) is 0.250. The number of nitrogens with two attached hydrogens (primary N) is 1. The summed E-state index contributed by atoms with van der Waals surface area (Å²) in [5, 5.41) is 9.53. The van der Waals surface area contributed by atoms with Gasteiger partial charge < -0.3 is 11.1 Å². The van der Waals surface area contributed by atoms with Crippen LogP contribution in [0.2, 0.25) is 0 Å². The average molecular weight is 293 g/mol. The number of aromatic nitrogens is 3. The molecule has 0 aliphatic rings. The zero-order valence-electron chi connectivity index (χ0n) is 10.9. The highest BCUT2D eigenvalue weighted by molar-refractivity contribution is 7.99. The Labute approximate surface area is 119 Å². The summed E-state index contributed by atoms with van der Waals surface area (Å²) in [5.41, 5.74) is 6.66. The van der Waals surface area contributed by atoms with Gasteiger partial charge in [-0.05, 0) is 24.3 Å². The fourth-order valence-corrected chi connectivity index (χ4v) is 2.34. The number of rotatable bonds is 5. The second-order valence-electron chi connectivity index (χ2n) is 4.14. The predicted molar refractivity (Wildman–Crippen MR) is 78.7 cm³/mol. The Kier molecular flexibility index (Phi) is 4.46. The van der Waals surface area contributed by atoms with Crippen LogP contribution in [0.4, 0.5) is 11.4 Å². The molecule has 0 atom stereocenters. The number of carbonyl (C=O) groups is 1. The van der Waals surface area contributed by atoms with Gasteiger partial charge in [0.15, 0.2) is 5.16 Å². The van der Waals surface area contributed by atoms with Crippen molar-refractivity contribution in [3.8, 4) is 0 Å². The van der Waals surface area contributed by atoms with Gasteiger partial charge in [0.25, 0.3) is 0 Å². The summed E-state index contributed by atoms with van der Waals surface area (Å²) in [4.78, 5) is 22.9. The van der Waals surface area contributed by atoms with Crippen molar-refractivity contribution in [1.29, 1.82) is 0 Å². The van der Waals surface area contributed by atoms with Gasteiger partial charge in [-0.15, -0.1) is 5.10 Å². The molecule has 1 aromatic heterocycles. The highest BCUT2D eigenvalue weighted by atomic mass is 32.2. The lowest BCUT2D eigenvalue weighted by Crippen LogP contribution is -2.14. The molecule has 0 saturated heterocycles. The monoisotopic (exact) mass is 293 g/mol. The smallest absolute Gasteiger partial charge is 0.343 e. The van der Waals surface area contributed by atoms with Crippen LogP contribution in [0.25, 0.3) is 0 Å². The molecule has 1 heterocycles. The Morgan fingerprint density at radius 1 is 1.45 bits per heavy atom. The molecule has 4 N–H and O–H groups in total. The lowest BCUT2D eigenvalue weighted by molar-refractivity contribution is -0.115. The van der Waals surface area contributed by atoms with Crippen LogP contribution in [0.1, 0.15) is 6.42 Å². The third kappa shape index (κ3) is 3.64. The first-order valence-corrected chi connectivity index (χ1v) is 6.94. The molecular formula is C12H15N5O2S. The van der Waals surface area contributed by atoms with Gasteiger partial charge in [0.05, 0.1) is 0 Å². The van der Waals surface area contributed by atoms with Gasteiger partial charge in [-0.3, -0.25) is 9.36 Å². The molecule has 1 aromatic carbocycles. The van der Waals surface area contributed by atoms with Crippen LogP contribution in [0.3, 0.4) is 0 Å². The van der Waals surface area contributed by atoms with Crippen LogP contribution < -0.4 is 16.7 Å². The third-order valence-corrected chi connectivity index (χ3v) is 3.63. The van der Waals surface area contributed by atoms with Crippen molar-refractivity contribution in [3.63, 3.8) is 0 Å². The third-order valence-electron chi connectivity index (χ3n) is 2.59. The maximum atomic E-state index is 11.7. The van der Waals surface area contributed by atoms with E-state index >= 15 is 0 Å². The fourth-order valence-electron chi connectivity index (χ4n) is 1.49. The number of aromatic amines is 1. The van der Waals surface area contributed by atoms with Crippen molar-refractivity contribution in [3.05, 3.63) is 34.7 Å². The van der Waals surface area contributed by atoms with E-state index in [0.717, 1.165) is 0 Å². The number of anilines is 2. The number of benzene rings is 1. The minimum Gasteiger partial charge on any atom is -0.399 e. The zero-order chi connectivity index (χ0) is 14.5. The molecule has 0 aliphatic carbocycles. The lowest BCUT2D eigenvalue weighted by Gasteiger charge is -2.05. The van der Waals surface area contributed by atoms with Crippen molar-refractivity contribution in [1.82, 2.24) is 14.8 Å². The maximum Gasteiger partial charge on any atom is 0.343 e. The van der Waals surface area contributed by atoms with Crippen LogP contribution in [-0.4, -0.2) is 26.4 Å². The van der Waals surface area contributed by atoms with E-state index in [2.05, 4.69) is 15.5 Å². The molecule has 2 rings (SSSR count). The first kappa shape index (κ1) is 14.2. The summed E-state index contributed by atoms with van der Waals surface area (Å²) >= 11 is 1.35. The summed E-state index contributed by atoms with van der Waals surface area (Å²) in [6.07, 6.45) is 0.329. The van der Waals surface area contributed by atoms with Crippen molar-refractivity contribution < 1.29 is 4.79 Å². The standard InChI is InChI=1S/C12H15N5O2S/c1-17-11(19)15-16-12(17)20-7-6-10(18)14-9-4-2-8(13)3-5-9/h2-5H,6-7,13H2,1H3,(H,14,18)(H,15,19). The van der Waals surface area contributed by atoms with Crippen molar-refractivity contribution in [2.45, 2.75) is 11.6 Å². The van der Waals surface area contributed by atoms with Gasteiger partial charge in [-0.25, -0.2) is 9.89 Å². The second-order valence-corrected chi connectivity index (χ2v) is 5.20. The number of hydrogen-bond acceptors (Lipinski definition) is 5. The van der Waals surface area contributed by atoms with Crippen LogP contribution in [0.15, 0.2) is 34.2 Å². The number of amides is 1. The molecule has 1 amide bonds. The molecule has 0 radical (unpaired) electrons. The molecular weight excluding hydrogens is 278 g/mol. The average Bonchev–Trinajstić information content (AvgIpc) is 2.73. The summed E-state index contributed by atoms with van der Waals surface area (Å²) in [7, 11) is 1.63. The molecule has 8 heteroatoms. The van der Waals surface area contributed by atoms with Crippen molar-refractivity contribution in [2.75, 3.05) is 16.8 Å². The van der Waals surface area contributed by atoms with Crippen molar-refractivity contribution in [2.24, 2.45) is 7.05 Å². The Hall–Kier alpha value is -2.22. The molecule has 0 spiro atoms. The Balaban J connectivity index is 1.79. The van der Waals surface area contributed by atoms with Crippen LogP contribution >= 0.6 is 11.8 Å². The molecule has 0 bridgehead atoms. The topological polar surface area (TPSA) is 106 Å². The number of nitrogens with zero attached hydrogens (tertiary/aromatic N) is 2. The number of nitrogen functional groups attached to an aromatic ring is 1. The van der Waals surface area contributed by atoms with E-state index in [-0.39, 0.29) is 11.6 Å².